The van der Waals surface area contributed by atoms with E-state index in [2.05, 4.69) is 5.32 Å². The number of primary amides is 1. The van der Waals surface area contributed by atoms with Gasteiger partial charge >= 0.3 is 6.03 Å². The van der Waals surface area contributed by atoms with Gasteiger partial charge in [0.05, 0.1) is 0 Å². The van der Waals surface area contributed by atoms with Crippen LogP contribution >= 0.6 is 0 Å². The van der Waals surface area contributed by atoms with Gasteiger partial charge < -0.3 is 15.8 Å². The first-order chi connectivity index (χ1) is 9.93. The van der Waals surface area contributed by atoms with Crippen molar-refractivity contribution in [2.45, 2.75) is 26.3 Å². The van der Waals surface area contributed by atoms with Gasteiger partial charge in [-0.2, -0.15) is 0 Å². The minimum atomic E-state index is -0.957. The largest absolute Gasteiger partial charge is 0.483 e. The minimum absolute atomic E-state index is 0.0558. The summed E-state index contributed by atoms with van der Waals surface area (Å²) in [4.78, 5) is 21.9. The van der Waals surface area contributed by atoms with Crippen molar-refractivity contribution in [2.75, 3.05) is 13.2 Å². The van der Waals surface area contributed by atoms with E-state index >= 15 is 0 Å². The fourth-order valence-corrected chi connectivity index (χ4v) is 1.78. The number of rotatable bonds is 7. The maximum atomic E-state index is 13.3. The summed E-state index contributed by atoms with van der Waals surface area (Å²) in [5.41, 5.74) is 5.56. The van der Waals surface area contributed by atoms with Gasteiger partial charge in [-0.1, -0.05) is 13.0 Å². The molecule has 0 saturated carbocycles. The highest BCUT2D eigenvalue weighted by Gasteiger charge is 2.14. The van der Waals surface area contributed by atoms with E-state index < -0.39 is 24.4 Å². The molecule has 3 amide bonds. The molecule has 0 radical (unpaired) electrons. The molecule has 0 aliphatic rings. The lowest BCUT2D eigenvalue weighted by atomic mass is 10.1. The monoisotopic (exact) mass is 297 g/mol. The summed E-state index contributed by atoms with van der Waals surface area (Å²) >= 11 is 0. The molecule has 7 heteroatoms. The number of urea groups is 1. The molecule has 1 unspecified atom stereocenters. The van der Waals surface area contributed by atoms with Crippen LogP contribution in [0.1, 0.15) is 31.9 Å². The summed E-state index contributed by atoms with van der Waals surface area (Å²) < 4.78 is 18.6. The van der Waals surface area contributed by atoms with Crippen molar-refractivity contribution in [1.82, 2.24) is 10.6 Å². The number of hydrogen-bond acceptors (Lipinski definition) is 4. The molecule has 0 bridgehead atoms. The van der Waals surface area contributed by atoms with Crippen LogP contribution in [0.5, 0.6) is 5.75 Å². The quantitative estimate of drug-likeness (QED) is 0.710. The summed E-state index contributed by atoms with van der Waals surface area (Å²) in [6.07, 6.45) is 0.961. The Balaban J connectivity index is 2.77. The Hall–Kier alpha value is -2.15. The molecule has 0 aliphatic carbocycles. The smallest absolute Gasteiger partial charge is 0.318 e. The predicted octanol–water partition coefficient (Wildman–Crippen LogP) is 1.46. The van der Waals surface area contributed by atoms with Crippen LogP contribution in [0.4, 0.5) is 9.18 Å². The van der Waals surface area contributed by atoms with E-state index in [9.17, 15) is 14.0 Å². The van der Waals surface area contributed by atoms with Crippen molar-refractivity contribution in [3.05, 3.63) is 29.6 Å². The summed E-state index contributed by atoms with van der Waals surface area (Å²) in [7, 11) is 0. The Bertz CT molecular complexity index is 508. The zero-order valence-electron chi connectivity index (χ0n) is 12.1. The number of halogens is 1. The first kappa shape index (κ1) is 16.9. The lowest BCUT2D eigenvalue weighted by Gasteiger charge is -2.18. The molecule has 0 fully saturated rings. The van der Waals surface area contributed by atoms with Crippen LogP contribution < -0.4 is 21.1 Å². The standard InChI is InChI=1S/C14H20FN3O3/c1-3-6-17-9(2)11-5-4-10(15)7-12(11)21-8-13(19)18-14(16)20/h4-5,7,9,17H,3,6,8H2,1-2H3,(H3,16,18,19,20). The second-order valence-electron chi connectivity index (χ2n) is 4.56. The lowest BCUT2D eigenvalue weighted by Crippen LogP contribution is -2.38. The molecule has 6 nitrogen and oxygen atoms in total. The highest BCUT2D eigenvalue weighted by atomic mass is 19.1. The first-order valence-electron chi connectivity index (χ1n) is 6.69. The number of carbonyl (C=O) groups excluding carboxylic acids is 2. The Labute approximate surface area is 122 Å². The summed E-state index contributed by atoms with van der Waals surface area (Å²) in [6, 6.07) is 3.12. The zero-order valence-corrected chi connectivity index (χ0v) is 12.1. The normalized spacial score (nSPS) is 11.8. The topological polar surface area (TPSA) is 93.4 Å². The third-order valence-electron chi connectivity index (χ3n) is 2.76. The van der Waals surface area contributed by atoms with Gasteiger partial charge in [0.25, 0.3) is 5.91 Å². The molecule has 0 spiro atoms. The van der Waals surface area contributed by atoms with Gasteiger partial charge in [-0.05, 0) is 26.0 Å². The van der Waals surface area contributed by atoms with E-state index in [0.29, 0.717) is 0 Å². The Morgan fingerprint density at radius 3 is 2.76 bits per heavy atom. The van der Waals surface area contributed by atoms with Gasteiger partial charge in [-0.25, -0.2) is 9.18 Å². The third kappa shape index (κ3) is 5.78. The molecule has 116 valence electrons. The van der Waals surface area contributed by atoms with E-state index in [1.807, 2.05) is 19.2 Å². The molecule has 0 aromatic heterocycles. The highest BCUT2D eigenvalue weighted by molar-refractivity contribution is 5.94. The second-order valence-corrected chi connectivity index (χ2v) is 4.56. The van der Waals surface area contributed by atoms with Crippen LogP contribution in [-0.2, 0) is 4.79 Å². The molecule has 1 rings (SSSR count). The van der Waals surface area contributed by atoms with Crippen LogP contribution in [0, 0.1) is 5.82 Å². The van der Waals surface area contributed by atoms with E-state index in [0.717, 1.165) is 18.5 Å². The van der Waals surface area contributed by atoms with Crippen molar-refractivity contribution >= 4 is 11.9 Å². The molecule has 4 N–H and O–H groups in total. The molecule has 0 heterocycles. The summed E-state index contributed by atoms with van der Waals surface area (Å²) in [5.74, 6) is -0.899. The van der Waals surface area contributed by atoms with Crippen LogP contribution in [-0.4, -0.2) is 25.1 Å². The lowest BCUT2D eigenvalue weighted by molar-refractivity contribution is -0.121. The van der Waals surface area contributed by atoms with Crippen LogP contribution in [0.2, 0.25) is 0 Å². The Morgan fingerprint density at radius 2 is 2.14 bits per heavy atom. The van der Waals surface area contributed by atoms with Gasteiger partial charge in [-0.15, -0.1) is 0 Å². The number of benzene rings is 1. The Kier molecular flexibility index (Phi) is 6.61. The zero-order chi connectivity index (χ0) is 15.8. The molecule has 1 atom stereocenters. The third-order valence-corrected chi connectivity index (χ3v) is 2.76. The van der Waals surface area contributed by atoms with E-state index in [1.54, 1.807) is 6.07 Å². The van der Waals surface area contributed by atoms with Crippen LogP contribution in [0.3, 0.4) is 0 Å². The van der Waals surface area contributed by atoms with Crippen LogP contribution in [0.15, 0.2) is 18.2 Å². The van der Waals surface area contributed by atoms with E-state index in [1.165, 1.54) is 12.1 Å². The SMILES string of the molecule is CCCNC(C)c1ccc(F)cc1OCC(=O)NC(N)=O. The fraction of sp³-hybridized carbons (Fsp3) is 0.429. The maximum absolute atomic E-state index is 13.3. The molecule has 21 heavy (non-hydrogen) atoms. The van der Waals surface area contributed by atoms with Gasteiger partial charge in [-0.3, -0.25) is 10.1 Å². The molecule has 1 aromatic carbocycles. The van der Waals surface area contributed by atoms with Gasteiger partial charge in [0.1, 0.15) is 11.6 Å². The number of amides is 3. The van der Waals surface area contributed by atoms with E-state index in [4.69, 9.17) is 10.5 Å². The van der Waals surface area contributed by atoms with Crippen molar-refractivity contribution in [3.8, 4) is 5.75 Å². The molecule has 0 saturated heterocycles. The summed E-state index contributed by atoms with van der Waals surface area (Å²) in [6.45, 7) is 4.34. The van der Waals surface area contributed by atoms with E-state index in [-0.39, 0.29) is 11.8 Å². The molecular weight excluding hydrogens is 277 g/mol. The van der Waals surface area contributed by atoms with Crippen LogP contribution in [0.25, 0.3) is 0 Å². The minimum Gasteiger partial charge on any atom is -0.483 e. The average molecular weight is 297 g/mol. The molecule has 1 aromatic rings. The summed E-state index contributed by atoms with van der Waals surface area (Å²) in [5, 5.41) is 5.13. The van der Waals surface area contributed by atoms with Crippen molar-refractivity contribution in [2.24, 2.45) is 5.73 Å². The molecule has 0 aliphatic heterocycles. The predicted molar refractivity (Wildman–Crippen MR) is 76.3 cm³/mol. The fourth-order valence-electron chi connectivity index (χ4n) is 1.78. The van der Waals surface area contributed by atoms with Crippen molar-refractivity contribution in [1.29, 1.82) is 0 Å². The number of carbonyl (C=O) groups is 2. The first-order valence-corrected chi connectivity index (χ1v) is 6.69. The maximum Gasteiger partial charge on any atom is 0.318 e. The average Bonchev–Trinajstić information content (AvgIpc) is 2.42. The van der Waals surface area contributed by atoms with Gasteiger partial charge in [0.15, 0.2) is 6.61 Å². The Morgan fingerprint density at radius 1 is 1.43 bits per heavy atom. The second kappa shape index (κ2) is 8.21. The molecular formula is C14H20FN3O3. The number of imide groups is 1. The number of ether oxygens (including phenoxy) is 1. The number of nitrogens with one attached hydrogen (secondary N) is 2. The number of hydrogen-bond donors (Lipinski definition) is 3. The van der Waals surface area contributed by atoms with Crippen molar-refractivity contribution < 1.29 is 18.7 Å². The number of nitrogens with two attached hydrogens (primary N) is 1. The van der Waals surface area contributed by atoms with Gasteiger partial charge in [0, 0.05) is 17.7 Å². The van der Waals surface area contributed by atoms with Crippen molar-refractivity contribution in [3.63, 3.8) is 0 Å². The van der Waals surface area contributed by atoms with Gasteiger partial charge in [0.2, 0.25) is 0 Å². The highest BCUT2D eigenvalue weighted by Crippen LogP contribution is 2.26.